The summed E-state index contributed by atoms with van der Waals surface area (Å²) in [5.74, 6) is 0.714. The Hall–Kier alpha value is -0.805. The zero-order chi connectivity index (χ0) is 18.7. The summed E-state index contributed by atoms with van der Waals surface area (Å²) >= 11 is 0. The Kier molecular flexibility index (Phi) is 6.42. The maximum atomic E-state index is 12.4. The van der Waals surface area contributed by atoms with Gasteiger partial charge in [-0.15, -0.1) is 0 Å². The van der Waals surface area contributed by atoms with E-state index in [2.05, 4.69) is 0 Å². The zero-order valence-electron chi connectivity index (χ0n) is 16.2. The van der Waals surface area contributed by atoms with Gasteiger partial charge in [-0.25, -0.2) is 0 Å². The first-order chi connectivity index (χ1) is 11.6. The predicted molar refractivity (Wildman–Crippen MR) is 102 cm³/mol. The van der Waals surface area contributed by atoms with E-state index in [0.29, 0.717) is 31.3 Å². The molecular weight excluding hydrogens is 338 g/mol. The fourth-order valence-corrected chi connectivity index (χ4v) is 4.05. The molecule has 0 aromatic heterocycles. The summed E-state index contributed by atoms with van der Waals surface area (Å²) in [5.41, 5.74) is 0.166. The van der Waals surface area contributed by atoms with Gasteiger partial charge in [-0.3, -0.25) is 4.57 Å². The van der Waals surface area contributed by atoms with Gasteiger partial charge in [0, 0.05) is 6.16 Å². The highest BCUT2D eigenvalue weighted by Gasteiger charge is 2.51. The SMILES string of the molecule is CCOP(=O)(CC)CCOc1cccc(B2OC(C)(C)C(C)(C)O2)c1. The third kappa shape index (κ3) is 4.88. The third-order valence-corrected chi connectivity index (χ3v) is 7.49. The lowest BCUT2D eigenvalue weighted by Gasteiger charge is -2.32. The molecule has 140 valence electrons. The van der Waals surface area contributed by atoms with E-state index < -0.39 is 14.5 Å². The van der Waals surface area contributed by atoms with Crippen molar-refractivity contribution in [3.63, 3.8) is 0 Å². The first-order valence-electron chi connectivity index (χ1n) is 8.93. The second-order valence-electron chi connectivity index (χ2n) is 7.28. The van der Waals surface area contributed by atoms with Gasteiger partial charge in [0.05, 0.1) is 30.6 Å². The highest BCUT2D eigenvalue weighted by molar-refractivity contribution is 7.58. The van der Waals surface area contributed by atoms with Crippen LogP contribution in [0.5, 0.6) is 5.75 Å². The van der Waals surface area contributed by atoms with Gasteiger partial charge in [0.25, 0.3) is 0 Å². The number of hydrogen-bond donors (Lipinski definition) is 0. The van der Waals surface area contributed by atoms with Crippen molar-refractivity contribution in [1.29, 1.82) is 0 Å². The monoisotopic (exact) mass is 368 g/mol. The maximum absolute atomic E-state index is 12.4. The van der Waals surface area contributed by atoms with Gasteiger partial charge < -0.3 is 18.6 Å². The van der Waals surface area contributed by atoms with Crippen molar-refractivity contribution in [2.75, 3.05) is 25.5 Å². The maximum Gasteiger partial charge on any atom is 0.494 e. The highest BCUT2D eigenvalue weighted by atomic mass is 31.2. The van der Waals surface area contributed by atoms with Crippen LogP contribution < -0.4 is 10.2 Å². The van der Waals surface area contributed by atoms with Gasteiger partial charge in [-0.05, 0) is 52.2 Å². The van der Waals surface area contributed by atoms with Crippen LogP contribution >= 0.6 is 7.37 Å². The van der Waals surface area contributed by atoms with Crippen LogP contribution in [0.4, 0.5) is 0 Å². The Bertz CT molecular complexity index is 616. The average molecular weight is 368 g/mol. The van der Waals surface area contributed by atoms with Gasteiger partial charge in [-0.2, -0.15) is 0 Å². The van der Waals surface area contributed by atoms with Crippen LogP contribution in [-0.4, -0.2) is 43.9 Å². The molecule has 0 aliphatic carbocycles. The summed E-state index contributed by atoms with van der Waals surface area (Å²) in [5, 5.41) is 0. The van der Waals surface area contributed by atoms with Gasteiger partial charge in [0.15, 0.2) is 0 Å². The van der Waals surface area contributed by atoms with E-state index >= 15 is 0 Å². The fourth-order valence-electron chi connectivity index (χ4n) is 2.58. The molecule has 0 amide bonds. The van der Waals surface area contributed by atoms with E-state index in [1.165, 1.54) is 0 Å². The van der Waals surface area contributed by atoms with E-state index in [1.54, 1.807) is 0 Å². The topological polar surface area (TPSA) is 54.0 Å². The molecule has 1 aromatic carbocycles. The van der Waals surface area contributed by atoms with Gasteiger partial charge in [0.2, 0.25) is 7.37 Å². The Morgan fingerprint density at radius 3 is 2.32 bits per heavy atom. The summed E-state index contributed by atoms with van der Waals surface area (Å²) in [6.45, 7) is 12.7. The molecule has 0 spiro atoms. The van der Waals surface area contributed by atoms with Crippen LogP contribution in [0.15, 0.2) is 24.3 Å². The molecule has 7 heteroatoms. The molecule has 0 bridgehead atoms. The van der Waals surface area contributed by atoms with Crippen LogP contribution in [0.1, 0.15) is 41.5 Å². The van der Waals surface area contributed by atoms with Crippen molar-refractivity contribution in [1.82, 2.24) is 0 Å². The molecule has 2 rings (SSSR count). The second kappa shape index (κ2) is 7.83. The second-order valence-corrected chi connectivity index (χ2v) is 10.2. The molecule has 0 saturated carbocycles. The molecule has 0 radical (unpaired) electrons. The Balaban J connectivity index is 1.99. The van der Waals surface area contributed by atoms with E-state index in [1.807, 2.05) is 65.8 Å². The lowest BCUT2D eigenvalue weighted by molar-refractivity contribution is 0.00578. The Morgan fingerprint density at radius 1 is 1.12 bits per heavy atom. The minimum Gasteiger partial charge on any atom is -0.493 e. The summed E-state index contributed by atoms with van der Waals surface area (Å²) in [7, 11) is -3.00. The Morgan fingerprint density at radius 2 is 1.76 bits per heavy atom. The van der Waals surface area contributed by atoms with Crippen molar-refractivity contribution in [3.05, 3.63) is 24.3 Å². The van der Waals surface area contributed by atoms with Crippen LogP contribution in [-0.2, 0) is 18.4 Å². The van der Waals surface area contributed by atoms with Gasteiger partial charge in [-0.1, -0.05) is 19.1 Å². The number of benzene rings is 1. The molecule has 0 N–H and O–H groups in total. The smallest absolute Gasteiger partial charge is 0.493 e. The molecule has 1 fully saturated rings. The molecular formula is C18H30BO5P. The highest BCUT2D eigenvalue weighted by Crippen LogP contribution is 2.45. The van der Waals surface area contributed by atoms with Crippen LogP contribution in [0.25, 0.3) is 0 Å². The Labute approximate surface area is 152 Å². The van der Waals surface area contributed by atoms with Crippen molar-refractivity contribution >= 4 is 20.0 Å². The lowest BCUT2D eigenvalue weighted by atomic mass is 9.79. The molecule has 1 aliphatic heterocycles. The average Bonchev–Trinajstić information content (AvgIpc) is 2.76. The first kappa shape index (κ1) is 20.5. The molecule has 1 atom stereocenters. The zero-order valence-corrected chi connectivity index (χ0v) is 17.1. The van der Waals surface area contributed by atoms with Crippen LogP contribution in [0, 0.1) is 0 Å². The fraction of sp³-hybridized carbons (Fsp3) is 0.667. The largest absolute Gasteiger partial charge is 0.494 e. The summed E-state index contributed by atoms with van der Waals surface area (Å²) in [4.78, 5) is 0. The first-order valence-corrected chi connectivity index (χ1v) is 10.9. The van der Waals surface area contributed by atoms with Crippen molar-refractivity contribution in [3.8, 4) is 5.75 Å². The molecule has 1 saturated heterocycles. The number of rotatable bonds is 8. The van der Waals surface area contributed by atoms with E-state index in [4.69, 9.17) is 18.6 Å². The lowest BCUT2D eigenvalue weighted by Crippen LogP contribution is -2.41. The van der Waals surface area contributed by atoms with E-state index in [9.17, 15) is 4.57 Å². The molecule has 1 aliphatic rings. The van der Waals surface area contributed by atoms with Gasteiger partial charge >= 0.3 is 7.12 Å². The van der Waals surface area contributed by atoms with Crippen molar-refractivity contribution in [2.45, 2.75) is 52.7 Å². The molecule has 1 unspecified atom stereocenters. The minimum absolute atomic E-state index is 0.359. The quantitative estimate of drug-likeness (QED) is 0.517. The number of ether oxygens (including phenoxy) is 1. The van der Waals surface area contributed by atoms with Crippen molar-refractivity contribution < 1.29 is 23.1 Å². The van der Waals surface area contributed by atoms with E-state index in [-0.39, 0.29) is 11.2 Å². The number of hydrogen-bond acceptors (Lipinski definition) is 5. The summed E-state index contributed by atoms with van der Waals surface area (Å²) < 4.78 is 35.8. The standard InChI is InChI=1S/C18H30BO5P/c1-7-22-25(20,8-2)13-12-21-16-11-9-10-15(14-16)19-23-17(3,4)18(5,6)24-19/h9-11,14H,7-8,12-13H2,1-6H3. The normalized spacial score (nSPS) is 21.1. The predicted octanol–water partition coefficient (Wildman–Crippen LogP) is 3.70. The summed E-state index contributed by atoms with van der Waals surface area (Å²) in [6.07, 6.45) is 0.941. The summed E-state index contributed by atoms with van der Waals surface area (Å²) in [6, 6.07) is 7.68. The van der Waals surface area contributed by atoms with Crippen LogP contribution in [0.3, 0.4) is 0 Å². The van der Waals surface area contributed by atoms with Crippen LogP contribution in [0.2, 0.25) is 0 Å². The van der Waals surface area contributed by atoms with Gasteiger partial charge in [0.1, 0.15) is 5.75 Å². The van der Waals surface area contributed by atoms with E-state index in [0.717, 1.165) is 5.46 Å². The van der Waals surface area contributed by atoms with Crippen molar-refractivity contribution in [2.24, 2.45) is 0 Å². The molecule has 5 nitrogen and oxygen atoms in total. The molecule has 1 aromatic rings. The molecule has 1 heterocycles. The molecule has 25 heavy (non-hydrogen) atoms. The third-order valence-electron chi connectivity index (χ3n) is 4.93. The minimum atomic E-state index is -2.58.